The molecule has 0 aliphatic rings. The lowest BCUT2D eigenvalue weighted by Gasteiger charge is -2.25. The topological polar surface area (TPSA) is 77.9 Å². The number of rotatable bonds is 33. The predicted molar refractivity (Wildman–Crippen MR) is 182 cm³/mol. The van der Waals surface area contributed by atoms with E-state index in [-0.39, 0.29) is 24.9 Å². The molecule has 0 aromatic carbocycles. The van der Waals surface area contributed by atoms with Gasteiger partial charge in [0.25, 0.3) is 0 Å². The molecule has 0 aliphatic carbocycles. The van der Waals surface area contributed by atoms with E-state index in [9.17, 15) is 14.4 Å². The summed E-state index contributed by atoms with van der Waals surface area (Å²) in [4.78, 5) is 39.5. The molecule has 6 heteroatoms. The van der Waals surface area contributed by atoms with E-state index in [0.29, 0.717) is 13.0 Å². The van der Waals surface area contributed by atoms with Crippen molar-refractivity contribution in [2.45, 2.75) is 194 Å². The number of unbranched alkanes of at least 4 members (excludes halogenated alkanes) is 25. The molecule has 0 unspecified atom stereocenters. The van der Waals surface area contributed by atoms with Crippen LogP contribution in [0.3, 0.4) is 0 Å². The number of amides is 2. The van der Waals surface area contributed by atoms with E-state index in [1.165, 1.54) is 160 Å². The summed E-state index contributed by atoms with van der Waals surface area (Å²) >= 11 is 0. The molecular weight excluding hydrogens is 536 g/mol. The number of hydrogen-bond donors (Lipinski definition) is 1. The van der Waals surface area contributed by atoms with E-state index in [0.717, 1.165) is 25.7 Å². The summed E-state index contributed by atoms with van der Waals surface area (Å²) in [6.45, 7) is 4.76. The van der Waals surface area contributed by atoms with Crippen LogP contribution in [0.4, 0.5) is 0 Å². The minimum Gasteiger partial charge on any atom is -0.480 e. The summed E-state index contributed by atoms with van der Waals surface area (Å²) in [6.07, 6.45) is 35.0. The zero-order valence-electron chi connectivity index (χ0n) is 29.0. The van der Waals surface area contributed by atoms with Crippen LogP contribution in [0, 0.1) is 0 Å². The van der Waals surface area contributed by atoms with Crippen LogP contribution in [0.25, 0.3) is 0 Å². The van der Waals surface area contributed by atoms with Gasteiger partial charge in [-0.2, -0.15) is 0 Å². The Morgan fingerprint density at radius 1 is 0.442 bits per heavy atom. The SMILES string of the molecule is CCCCCCCCCCCCCCCCN(CC(=O)N(C)CC(=O)O)C(=O)CCCCCCCCCCCCCCC. The number of carbonyl (C=O) groups excluding carboxylic acids is 2. The molecule has 0 rings (SSSR count). The molecule has 0 heterocycles. The molecule has 43 heavy (non-hydrogen) atoms. The maximum atomic E-state index is 13.0. The van der Waals surface area contributed by atoms with Crippen LogP contribution in [0.1, 0.15) is 194 Å². The van der Waals surface area contributed by atoms with Crippen LogP contribution >= 0.6 is 0 Å². The fourth-order valence-electron chi connectivity index (χ4n) is 5.82. The molecule has 6 nitrogen and oxygen atoms in total. The predicted octanol–water partition coefficient (Wildman–Crippen LogP) is 10.3. The van der Waals surface area contributed by atoms with Crippen molar-refractivity contribution in [3.8, 4) is 0 Å². The van der Waals surface area contributed by atoms with Crippen molar-refractivity contribution in [1.29, 1.82) is 0 Å². The highest BCUT2D eigenvalue weighted by Gasteiger charge is 2.20. The Kier molecular flexibility index (Phi) is 30.6. The van der Waals surface area contributed by atoms with Gasteiger partial charge in [0, 0.05) is 20.0 Å². The van der Waals surface area contributed by atoms with E-state index in [4.69, 9.17) is 5.11 Å². The lowest BCUT2D eigenvalue weighted by atomic mass is 10.0. The zero-order chi connectivity index (χ0) is 31.8. The fraction of sp³-hybridized carbons (Fsp3) is 0.919. The summed E-state index contributed by atoms with van der Waals surface area (Å²) in [5.41, 5.74) is 0. The Hall–Kier alpha value is -1.59. The van der Waals surface area contributed by atoms with Crippen molar-refractivity contribution in [1.82, 2.24) is 9.80 Å². The normalized spacial score (nSPS) is 11.1. The number of carboxylic acid groups (broad SMARTS) is 1. The number of carbonyl (C=O) groups is 3. The van der Waals surface area contributed by atoms with Crippen molar-refractivity contribution in [3.63, 3.8) is 0 Å². The summed E-state index contributed by atoms with van der Waals surface area (Å²) < 4.78 is 0. The van der Waals surface area contributed by atoms with Crippen LogP contribution in [-0.2, 0) is 14.4 Å². The van der Waals surface area contributed by atoms with Gasteiger partial charge in [-0.05, 0) is 12.8 Å². The monoisotopic (exact) mass is 609 g/mol. The first-order chi connectivity index (χ1) is 20.9. The van der Waals surface area contributed by atoms with E-state index in [2.05, 4.69) is 13.8 Å². The minimum atomic E-state index is -1.03. The molecule has 0 saturated carbocycles. The molecule has 0 radical (unpaired) electrons. The molecule has 0 atom stereocenters. The quantitative estimate of drug-likeness (QED) is 0.0752. The van der Waals surface area contributed by atoms with E-state index in [1.807, 2.05) is 0 Å². The van der Waals surface area contributed by atoms with Crippen molar-refractivity contribution in [2.75, 3.05) is 26.7 Å². The van der Waals surface area contributed by atoms with Gasteiger partial charge in [-0.25, -0.2) is 0 Å². The first kappa shape index (κ1) is 41.4. The van der Waals surface area contributed by atoms with E-state index >= 15 is 0 Å². The Bertz CT molecular complexity index is 655. The van der Waals surface area contributed by atoms with Crippen LogP contribution in [0.5, 0.6) is 0 Å². The second-order valence-electron chi connectivity index (χ2n) is 13.0. The second kappa shape index (κ2) is 31.8. The van der Waals surface area contributed by atoms with Crippen molar-refractivity contribution < 1.29 is 19.5 Å². The van der Waals surface area contributed by atoms with Crippen LogP contribution < -0.4 is 0 Å². The average molecular weight is 609 g/mol. The highest BCUT2D eigenvalue weighted by atomic mass is 16.4. The summed E-state index contributed by atoms with van der Waals surface area (Å²) in [6, 6.07) is 0. The zero-order valence-corrected chi connectivity index (χ0v) is 29.0. The molecule has 0 aromatic rings. The molecule has 0 aliphatic heterocycles. The number of carboxylic acids is 1. The third-order valence-corrected chi connectivity index (χ3v) is 8.75. The molecule has 0 saturated heterocycles. The Morgan fingerprint density at radius 3 is 1.12 bits per heavy atom. The van der Waals surface area contributed by atoms with Gasteiger partial charge in [-0.3, -0.25) is 14.4 Å². The van der Waals surface area contributed by atoms with Gasteiger partial charge >= 0.3 is 5.97 Å². The highest BCUT2D eigenvalue weighted by molar-refractivity contribution is 5.86. The number of hydrogen-bond acceptors (Lipinski definition) is 3. The lowest BCUT2D eigenvalue weighted by molar-refractivity contribution is -0.145. The first-order valence-electron chi connectivity index (χ1n) is 18.7. The van der Waals surface area contributed by atoms with Crippen LogP contribution in [0.15, 0.2) is 0 Å². The molecular formula is C37H72N2O4. The molecule has 0 aromatic heterocycles. The largest absolute Gasteiger partial charge is 0.480 e. The van der Waals surface area contributed by atoms with E-state index < -0.39 is 5.97 Å². The smallest absolute Gasteiger partial charge is 0.323 e. The third kappa shape index (κ3) is 28.9. The highest BCUT2D eigenvalue weighted by Crippen LogP contribution is 2.15. The van der Waals surface area contributed by atoms with Crippen LogP contribution in [-0.4, -0.2) is 59.4 Å². The maximum absolute atomic E-state index is 13.0. The number of likely N-dealkylation sites (N-methyl/N-ethyl adjacent to an activating group) is 1. The average Bonchev–Trinajstić information content (AvgIpc) is 2.98. The Balaban J connectivity index is 4.13. The minimum absolute atomic E-state index is 0.0144. The van der Waals surface area contributed by atoms with Gasteiger partial charge in [-0.1, -0.05) is 174 Å². The third-order valence-electron chi connectivity index (χ3n) is 8.75. The standard InChI is InChI=1S/C37H72N2O4/c1-4-6-8-10-12-14-16-18-20-22-24-26-28-30-32-39(33-36(41)38(3)34-37(42)43)35(40)31-29-27-25-23-21-19-17-15-13-11-9-7-5-2/h4-34H2,1-3H3,(H,42,43). The number of aliphatic carboxylic acids is 1. The van der Waals surface area contributed by atoms with Gasteiger partial charge in [-0.15, -0.1) is 0 Å². The fourth-order valence-corrected chi connectivity index (χ4v) is 5.82. The van der Waals surface area contributed by atoms with Crippen LogP contribution in [0.2, 0.25) is 0 Å². The van der Waals surface area contributed by atoms with Gasteiger partial charge in [0.15, 0.2) is 0 Å². The van der Waals surface area contributed by atoms with Gasteiger partial charge in [0.1, 0.15) is 6.54 Å². The van der Waals surface area contributed by atoms with Gasteiger partial charge < -0.3 is 14.9 Å². The molecule has 2 amide bonds. The summed E-state index contributed by atoms with van der Waals surface area (Å²) in [5.74, 6) is -1.30. The van der Waals surface area contributed by atoms with Gasteiger partial charge in [0.05, 0.1) is 6.54 Å². The molecule has 0 fully saturated rings. The second-order valence-corrected chi connectivity index (χ2v) is 13.0. The van der Waals surface area contributed by atoms with E-state index in [1.54, 1.807) is 4.90 Å². The van der Waals surface area contributed by atoms with Crippen molar-refractivity contribution >= 4 is 17.8 Å². The first-order valence-corrected chi connectivity index (χ1v) is 18.7. The Labute approximate surface area is 267 Å². The lowest BCUT2D eigenvalue weighted by Crippen LogP contribution is -2.43. The van der Waals surface area contributed by atoms with Crippen molar-refractivity contribution in [2.24, 2.45) is 0 Å². The maximum Gasteiger partial charge on any atom is 0.323 e. The van der Waals surface area contributed by atoms with Gasteiger partial charge in [0.2, 0.25) is 11.8 Å². The molecule has 254 valence electrons. The summed E-state index contributed by atoms with van der Waals surface area (Å²) in [5, 5.41) is 9.03. The number of nitrogens with zero attached hydrogens (tertiary/aromatic N) is 2. The summed E-state index contributed by atoms with van der Waals surface area (Å²) in [7, 11) is 1.50. The molecule has 1 N–H and O–H groups in total. The Morgan fingerprint density at radius 2 is 0.767 bits per heavy atom. The molecule has 0 spiro atoms. The van der Waals surface area contributed by atoms with Crippen molar-refractivity contribution in [3.05, 3.63) is 0 Å². The molecule has 0 bridgehead atoms.